The molecule has 0 bridgehead atoms. The van der Waals surface area contributed by atoms with E-state index in [2.05, 4.69) is 12.2 Å². The van der Waals surface area contributed by atoms with Gasteiger partial charge in [-0.05, 0) is 49.4 Å². The summed E-state index contributed by atoms with van der Waals surface area (Å²) in [6.45, 7) is 3.92. The summed E-state index contributed by atoms with van der Waals surface area (Å²) in [5, 5.41) is 3.09. The number of hydrogen-bond donors (Lipinski definition) is 1. The summed E-state index contributed by atoms with van der Waals surface area (Å²) in [5.41, 5.74) is 1.10. The van der Waals surface area contributed by atoms with Crippen LogP contribution in [-0.4, -0.2) is 49.1 Å². The number of carbonyl (C=O) groups excluding carboxylic acids is 2. The van der Waals surface area contributed by atoms with Gasteiger partial charge in [0.2, 0.25) is 5.91 Å². The number of carbonyl (C=O) groups is 2. The van der Waals surface area contributed by atoms with Gasteiger partial charge in [0.05, 0.1) is 6.61 Å². The zero-order chi connectivity index (χ0) is 21.9. The van der Waals surface area contributed by atoms with Crippen LogP contribution in [0.1, 0.15) is 38.2 Å². The van der Waals surface area contributed by atoms with Gasteiger partial charge in [0.15, 0.2) is 6.61 Å². The van der Waals surface area contributed by atoms with Crippen LogP contribution in [0.5, 0.6) is 11.5 Å². The van der Waals surface area contributed by atoms with Gasteiger partial charge in [0, 0.05) is 25.6 Å². The third kappa shape index (κ3) is 7.31. The molecule has 0 atom stereocenters. The van der Waals surface area contributed by atoms with E-state index in [1.807, 2.05) is 59.5 Å². The first-order chi connectivity index (χ1) is 15.2. The number of aryl methyl sites for hydroxylation is 1. The van der Waals surface area contributed by atoms with Gasteiger partial charge in [-0.15, -0.1) is 0 Å². The molecule has 31 heavy (non-hydrogen) atoms. The van der Waals surface area contributed by atoms with Crippen LogP contribution in [0.3, 0.4) is 0 Å². The van der Waals surface area contributed by atoms with E-state index in [1.54, 1.807) is 0 Å². The van der Waals surface area contributed by atoms with Crippen LogP contribution in [0.2, 0.25) is 0 Å². The van der Waals surface area contributed by atoms with Crippen LogP contribution in [0.15, 0.2) is 54.6 Å². The minimum absolute atomic E-state index is 0.00579. The van der Waals surface area contributed by atoms with Crippen molar-refractivity contribution in [2.45, 2.75) is 45.1 Å². The van der Waals surface area contributed by atoms with Crippen molar-refractivity contribution < 1.29 is 19.1 Å². The third-order valence-corrected chi connectivity index (χ3v) is 5.48. The van der Waals surface area contributed by atoms with Crippen LogP contribution in [0, 0.1) is 0 Å². The maximum absolute atomic E-state index is 12.5. The van der Waals surface area contributed by atoms with Gasteiger partial charge in [0.25, 0.3) is 5.91 Å². The highest BCUT2D eigenvalue weighted by atomic mass is 16.5. The Labute approximate surface area is 184 Å². The number of para-hydroxylation sites is 2. The zero-order valence-electron chi connectivity index (χ0n) is 18.2. The van der Waals surface area contributed by atoms with Crippen molar-refractivity contribution in [2.75, 3.05) is 26.3 Å². The summed E-state index contributed by atoms with van der Waals surface area (Å²) in [6, 6.07) is 17.5. The summed E-state index contributed by atoms with van der Waals surface area (Å²) < 4.78 is 11.4. The predicted molar refractivity (Wildman–Crippen MR) is 120 cm³/mol. The molecule has 3 rings (SSSR count). The first kappa shape index (κ1) is 22.7. The SMILES string of the molecule is CCc1ccccc1OCC(=O)N1CCC(NC(=O)CCCOc2ccccc2)CC1. The lowest BCUT2D eigenvalue weighted by Crippen LogP contribution is -2.47. The topological polar surface area (TPSA) is 67.9 Å². The Bertz CT molecular complexity index is 832. The van der Waals surface area contributed by atoms with Crippen molar-refractivity contribution in [2.24, 2.45) is 0 Å². The predicted octanol–water partition coefficient (Wildman–Crippen LogP) is 3.59. The van der Waals surface area contributed by atoms with Crippen LogP contribution in [0.25, 0.3) is 0 Å². The average molecular weight is 425 g/mol. The number of rotatable bonds is 10. The third-order valence-electron chi connectivity index (χ3n) is 5.48. The van der Waals surface area contributed by atoms with E-state index in [1.165, 1.54) is 0 Å². The smallest absolute Gasteiger partial charge is 0.260 e. The summed E-state index contributed by atoms with van der Waals surface area (Å²) in [6.07, 6.45) is 3.52. The highest BCUT2D eigenvalue weighted by Crippen LogP contribution is 2.19. The number of likely N-dealkylation sites (tertiary alicyclic amines) is 1. The van der Waals surface area contributed by atoms with Crippen molar-refractivity contribution in [1.82, 2.24) is 10.2 Å². The van der Waals surface area contributed by atoms with E-state index in [4.69, 9.17) is 9.47 Å². The fourth-order valence-corrected chi connectivity index (χ4v) is 3.68. The van der Waals surface area contributed by atoms with Crippen LogP contribution in [0.4, 0.5) is 0 Å². The van der Waals surface area contributed by atoms with E-state index < -0.39 is 0 Å². The van der Waals surface area contributed by atoms with E-state index in [0.29, 0.717) is 32.5 Å². The van der Waals surface area contributed by atoms with Crippen molar-refractivity contribution in [3.63, 3.8) is 0 Å². The summed E-state index contributed by atoms with van der Waals surface area (Å²) >= 11 is 0. The molecule has 0 unspecified atom stereocenters. The Balaban J connectivity index is 1.30. The van der Waals surface area contributed by atoms with Crippen LogP contribution < -0.4 is 14.8 Å². The number of ether oxygens (including phenoxy) is 2. The van der Waals surface area contributed by atoms with Gasteiger partial charge in [0.1, 0.15) is 11.5 Å². The molecule has 2 aromatic carbocycles. The molecule has 0 saturated carbocycles. The molecule has 1 N–H and O–H groups in total. The lowest BCUT2D eigenvalue weighted by atomic mass is 10.0. The normalized spacial score (nSPS) is 14.2. The van der Waals surface area contributed by atoms with Crippen LogP contribution in [-0.2, 0) is 16.0 Å². The van der Waals surface area contributed by atoms with E-state index in [0.717, 1.165) is 36.3 Å². The summed E-state index contributed by atoms with van der Waals surface area (Å²) in [7, 11) is 0. The van der Waals surface area contributed by atoms with Crippen molar-refractivity contribution in [3.05, 3.63) is 60.2 Å². The van der Waals surface area contributed by atoms with Gasteiger partial charge in [-0.3, -0.25) is 9.59 Å². The largest absolute Gasteiger partial charge is 0.494 e. The van der Waals surface area contributed by atoms with Gasteiger partial charge in [-0.2, -0.15) is 0 Å². The first-order valence-electron chi connectivity index (χ1n) is 11.1. The molecule has 2 aromatic rings. The molecule has 0 aromatic heterocycles. The fraction of sp³-hybridized carbons (Fsp3) is 0.440. The molecule has 1 saturated heterocycles. The molecule has 0 spiro atoms. The zero-order valence-corrected chi connectivity index (χ0v) is 18.2. The quantitative estimate of drug-likeness (QED) is 0.592. The highest BCUT2D eigenvalue weighted by molar-refractivity contribution is 5.78. The molecule has 6 heteroatoms. The monoisotopic (exact) mass is 424 g/mol. The average Bonchev–Trinajstić information content (AvgIpc) is 2.81. The van der Waals surface area contributed by atoms with E-state index >= 15 is 0 Å². The molecular weight excluding hydrogens is 392 g/mol. The van der Waals surface area contributed by atoms with Gasteiger partial charge in [-0.1, -0.05) is 43.3 Å². The molecule has 166 valence electrons. The van der Waals surface area contributed by atoms with E-state index in [9.17, 15) is 9.59 Å². The number of piperidine rings is 1. The van der Waals surface area contributed by atoms with E-state index in [-0.39, 0.29) is 24.5 Å². The Morgan fingerprint density at radius 2 is 1.71 bits per heavy atom. The minimum atomic E-state index is -0.00579. The van der Waals surface area contributed by atoms with Crippen molar-refractivity contribution in [3.8, 4) is 11.5 Å². The molecule has 0 radical (unpaired) electrons. The van der Waals surface area contributed by atoms with Crippen molar-refractivity contribution >= 4 is 11.8 Å². The van der Waals surface area contributed by atoms with Gasteiger partial charge in [-0.25, -0.2) is 0 Å². The van der Waals surface area contributed by atoms with Crippen LogP contribution >= 0.6 is 0 Å². The van der Waals surface area contributed by atoms with Crippen molar-refractivity contribution in [1.29, 1.82) is 0 Å². The molecule has 2 amide bonds. The Kier molecular flexibility index (Phi) is 8.76. The summed E-state index contributed by atoms with van der Waals surface area (Å²) in [4.78, 5) is 26.5. The second-order valence-corrected chi connectivity index (χ2v) is 7.74. The maximum Gasteiger partial charge on any atom is 0.260 e. The standard InChI is InChI=1S/C25H32N2O4/c1-2-20-9-6-7-12-23(20)31-19-25(29)27-16-14-21(15-17-27)26-24(28)13-8-18-30-22-10-4-3-5-11-22/h3-7,9-12,21H,2,8,13-19H2,1H3,(H,26,28). The first-order valence-corrected chi connectivity index (χ1v) is 11.1. The Hall–Kier alpha value is -3.02. The Morgan fingerprint density at radius 3 is 2.45 bits per heavy atom. The highest BCUT2D eigenvalue weighted by Gasteiger charge is 2.24. The number of nitrogens with zero attached hydrogens (tertiary/aromatic N) is 1. The molecule has 1 aliphatic rings. The molecule has 1 fully saturated rings. The number of amides is 2. The fourth-order valence-electron chi connectivity index (χ4n) is 3.68. The number of nitrogens with one attached hydrogen (secondary N) is 1. The second-order valence-electron chi connectivity index (χ2n) is 7.74. The lowest BCUT2D eigenvalue weighted by molar-refractivity contribution is -0.134. The summed E-state index contributed by atoms with van der Waals surface area (Å²) in [5.74, 6) is 1.63. The molecule has 1 heterocycles. The minimum Gasteiger partial charge on any atom is -0.494 e. The van der Waals surface area contributed by atoms with Gasteiger partial charge < -0.3 is 19.7 Å². The second kappa shape index (κ2) is 12.0. The number of hydrogen-bond acceptors (Lipinski definition) is 4. The molecular formula is C25H32N2O4. The molecule has 6 nitrogen and oxygen atoms in total. The number of benzene rings is 2. The Morgan fingerprint density at radius 1 is 1.00 bits per heavy atom. The maximum atomic E-state index is 12.5. The molecule has 0 aliphatic carbocycles. The molecule has 1 aliphatic heterocycles. The lowest BCUT2D eigenvalue weighted by Gasteiger charge is -2.32. The van der Waals surface area contributed by atoms with Gasteiger partial charge >= 0.3 is 0 Å².